The van der Waals surface area contributed by atoms with Gasteiger partial charge in [0, 0.05) is 18.5 Å². The molecule has 0 saturated carbocycles. The number of nitrogens with one attached hydrogen (secondary N) is 1. The second-order valence-corrected chi connectivity index (χ2v) is 3.25. The number of hydrogen-bond acceptors (Lipinski definition) is 3. The molecular weight excluding hydrogens is 172 g/mol. The van der Waals surface area contributed by atoms with Gasteiger partial charge in [0.2, 0.25) is 5.91 Å². The fraction of sp³-hybridized carbons (Fsp3) is 0.750. The van der Waals surface area contributed by atoms with Crippen molar-refractivity contribution < 1.29 is 14.7 Å². The highest BCUT2D eigenvalue weighted by Gasteiger charge is 2.11. The van der Waals surface area contributed by atoms with Crippen LogP contribution in [0.2, 0.25) is 0 Å². The molecular formula is C8H16N2O3. The van der Waals surface area contributed by atoms with Crippen LogP contribution < -0.4 is 11.1 Å². The van der Waals surface area contributed by atoms with E-state index in [1.807, 2.05) is 0 Å². The first-order valence-corrected chi connectivity index (χ1v) is 4.18. The van der Waals surface area contributed by atoms with E-state index in [9.17, 15) is 9.59 Å². The maximum absolute atomic E-state index is 11.1. The summed E-state index contributed by atoms with van der Waals surface area (Å²) in [5.74, 6) is -1.13. The predicted molar refractivity (Wildman–Crippen MR) is 48.1 cm³/mol. The Morgan fingerprint density at radius 3 is 2.31 bits per heavy atom. The van der Waals surface area contributed by atoms with Crippen LogP contribution in [0.4, 0.5) is 0 Å². The summed E-state index contributed by atoms with van der Waals surface area (Å²) in [5, 5.41) is 10.9. The number of nitrogens with two attached hydrogens (primary N) is 1. The van der Waals surface area contributed by atoms with E-state index in [0.29, 0.717) is 0 Å². The molecule has 76 valence electrons. The van der Waals surface area contributed by atoms with Gasteiger partial charge in [-0.25, -0.2) is 0 Å². The normalized spacial score (nSPS) is 14.7. The van der Waals surface area contributed by atoms with Gasteiger partial charge in [0.05, 0.1) is 6.42 Å². The third-order valence-electron chi connectivity index (χ3n) is 1.40. The maximum Gasteiger partial charge on any atom is 0.305 e. The molecule has 1 amide bonds. The Labute approximate surface area is 77.3 Å². The number of carbonyl (C=O) groups is 2. The summed E-state index contributed by atoms with van der Waals surface area (Å²) in [6.07, 6.45) is 0.161. The van der Waals surface area contributed by atoms with E-state index >= 15 is 0 Å². The van der Waals surface area contributed by atoms with E-state index in [-0.39, 0.29) is 30.8 Å². The van der Waals surface area contributed by atoms with Crippen LogP contribution in [0.1, 0.15) is 26.7 Å². The summed E-state index contributed by atoms with van der Waals surface area (Å²) in [6.45, 7) is 3.37. The monoisotopic (exact) mass is 188 g/mol. The average Bonchev–Trinajstić information content (AvgIpc) is 1.80. The van der Waals surface area contributed by atoms with Crippen LogP contribution >= 0.6 is 0 Å². The SMILES string of the molecule is CC(N)CC(=O)NC(C)CC(=O)O. The molecule has 0 bridgehead atoms. The smallest absolute Gasteiger partial charge is 0.305 e. The van der Waals surface area contributed by atoms with Crippen LogP contribution in [0.3, 0.4) is 0 Å². The van der Waals surface area contributed by atoms with Gasteiger partial charge in [-0.1, -0.05) is 0 Å². The molecule has 0 aromatic rings. The summed E-state index contributed by atoms with van der Waals surface area (Å²) in [5.41, 5.74) is 5.39. The van der Waals surface area contributed by atoms with E-state index in [0.717, 1.165) is 0 Å². The van der Waals surface area contributed by atoms with Gasteiger partial charge in [-0.05, 0) is 13.8 Å². The quantitative estimate of drug-likeness (QED) is 0.552. The van der Waals surface area contributed by atoms with Crippen molar-refractivity contribution >= 4 is 11.9 Å². The minimum atomic E-state index is -0.923. The molecule has 2 unspecified atom stereocenters. The van der Waals surface area contributed by atoms with E-state index in [4.69, 9.17) is 10.8 Å². The Bertz CT molecular complexity index is 192. The molecule has 5 heteroatoms. The third-order valence-corrected chi connectivity index (χ3v) is 1.40. The molecule has 2 atom stereocenters. The van der Waals surface area contributed by atoms with Crippen molar-refractivity contribution in [1.29, 1.82) is 0 Å². The number of rotatable bonds is 5. The van der Waals surface area contributed by atoms with Crippen molar-refractivity contribution in [2.75, 3.05) is 0 Å². The molecule has 4 N–H and O–H groups in total. The van der Waals surface area contributed by atoms with Gasteiger partial charge in [0.15, 0.2) is 0 Å². The zero-order chi connectivity index (χ0) is 10.4. The molecule has 0 aromatic carbocycles. The molecule has 0 aliphatic heterocycles. The molecule has 0 heterocycles. The average molecular weight is 188 g/mol. The zero-order valence-corrected chi connectivity index (χ0v) is 7.91. The fourth-order valence-electron chi connectivity index (χ4n) is 0.939. The number of carbonyl (C=O) groups excluding carboxylic acids is 1. The topological polar surface area (TPSA) is 92.4 Å². The molecule has 0 aromatic heterocycles. The minimum absolute atomic E-state index is 0.0648. The first-order chi connectivity index (χ1) is 5.91. The molecule has 0 radical (unpaired) electrons. The number of amides is 1. The van der Waals surface area contributed by atoms with Crippen LogP contribution in [-0.4, -0.2) is 29.1 Å². The highest BCUT2D eigenvalue weighted by atomic mass is 16.4. The van der Waals surface area contributed by atoms with Gasteiger partial charge in [0.25, 0.3) is 0 Å². The lowest BCUT2D eigenvalue weighted by molar-refractivity contribution is -0.137. The Kier molecular flexibility index (Phi) is 5.06. The third kappa shape index (κ3) is 7.27. The zero-order valence-electron chi connectivity index (χ0n) is 7.91. The van der Waals surface area contributed by atoms with Crippen molar-refractivity contribution in [3.63, 3.8) is 0 Å². The summed E-state index contributed by atoms with van der Waals surface area (Å²) < 4.78 is 0. The van der Waals surface area contributed by atoms with Crippen LogP contribution in [0.5, 0.6) is 0 Å². The lowest BCUT2D eigenvalue weighted by Crippen LogP contribution is -2.37. The van der Waals surface area contributed by atoms with E-state index < -0.39 is 5.97 Å². The van der Waals surface area contributed by atoms with E-state index in [1.54, 1.807) is 13.8 Å². The van der Waals surface area contributed by atoms with E-state index in [1.165, 1.54) is 0 Å². The van der Waals surface area contributed by atoms with Gasteiger partial charge >= 0.3 is 5.97 Å². The van der Waals surface area contributed by atoms with Gasteiger partial charge in [-0.3, -0.25) is 9.59 Å². The molecule has 0 fully saturated rings. The summed E-state index contributed by atoms with van der Waals surface area (Å²) in [7, 11) is 0. The molecule has 0 rings (SSSR count). The van der Waals surface area contributed by atoms with Crippen LogP contribution in [0.25, 0.3) is 0 Å². The Morgan fingerprint density at radius 2 is 1.92 bits per heavy atom. The molecule has 0 spiro atoms. The number of hydrogen-bond donors (Lipinski definition) is 3. The highest BCUT2D eigenvalue weighted by Crippen LogP contribution is 1.93. The van der Waals surface area contributed by atoms with Crippen molar-refractivity contribution in [1.82, 2.24) is 5.32 Å². The lowest BCUT2D eigenvalue weighted by Gasteiger charge is -2.12. The predicted octanol–water partition coefficient (Wildman–Crippen LogP) is -0.297. The highest BCUT2D eigenvalue weighted by molar-refractivity contribution is 5.77. The Balaban J connectivity index is 3.71. The Hall–Kier alpha value is -1.10. The largest absolute Gasteiger partial charge is 0.481 e. The van der Waals surface area contributed by atoms with Crippen LogP contribution in [0.15, 0.2) is 0 Å². The maximum atomic E-state index is 11.1. The standard InChI is InChI=1S/C8H16N2O3/c1-5(9)3-7(11)10-6(2)4-8(12)13/h5-6H,3-4,9H2,1-2H3,(H,10,11)(H,12,13). The van der Waals surface area contributed by atoms with Crippen molar-refractivity contribution in [2.24, 2.45) is 5.73 Å². The Morgan fingerprint density at radius 1 is 1.38 bits per heavy atom. The fourth-order valence-corrected chi connectivity index (χ4v) is 0.939. The lowest BCUT2D eigenvalue weighted by atomic mass is 10.2. The molecule has 0 saturated heterocycles. The van der Waals surface area contributed by atoms with E-state index in [2.05, 4.69) is 5.32 Å². The summed E-state index contributed by atoms with van der Waals surface area (Å²) >= 11 is 0. The molecule has 13 heavy (non-hydrogen) atoms. The molecule has 5 nitrogen and oxygen atoms in total. The summed E-state index contributed by atoms with van der Waals surface area (Å²) in [6, 6.07) is -0.541. The summed E-state index contributed by atoms with van der Waals surface area (Å²) in [4.78, 5) is 21.3. The molecule has 0 aliphatic rings. The van der Waals surface area contributed by atoms with Gasteiger partial charge < -0.3 is 16.2 Å². The van der Waals surface area contributed by atoms with Crippen molar-refractivity contribution in [2.45, 2.75) is 38.8 Å². The molecule has 0 aliphatic carbocycles. The second kappa shape index (κ2) is 5.53. The number of carboxylic acid groups (broad SMARTS) is 1. The first kappa shape index (κ1) is 11.9. The van der Waals surface area contributed by atoms with Crippen molar-refractivity contribution in [3.8, 4) is 0 Å². The van der Waals surface area contributed by atoms with Gasteiger partial charge in [0.1, 0.15) is 0 Å². The number of carboxylic acids is 1. The van der Waals surface area contributed by atoms with Crippen LogP contribution in [0, 0.1) is 0 Å². The van der Waals surface area contributed by atoms with Crippen LogP contribution in [-0.2, 0) is 9.59 Å². The van der Waals surface area contributed by atoms with Gasteiger partial charge in [-0.2, -0.15) is 0 Å². The second-order valence-electron chi connectivity index (χ2n) is 3.25. The number of aliphatic carboxylic acids is 1. The minimum Gasteiger partial charge on any atom is -0.481 e. The first-order valence-electron chi connectivity index (χ1n) is 4.18. The van der Waals surface area contributed by atoms with Gasteiger partial charge in [-0.15, -0.1) is 0 Å². The van der Waals surface area contributed by atoms with Crippen molar-refractivity contribution in [3.05, 3.63) is 0 Å².